The maximum absolute atomic E-state index is 12.0. The van der Waals surface area contributed by atoms with Gasteiger partial charge in [0.15, 0.2) is 0 Å². The van der Waals surface area contributed by atoms with E-state index in [2.05, 4.69) is 5.43 Å². The third-order valence-electron chi connectivity index (χ3n) is 3.29. The predicted molar refractivity (Wildman–Crippen MR) is 76.3 cm³/mol. The largest absolute Gasteiger partial charge is 0.494 e. The minimum atomic E-state index is -0.0680. The van der Waals surface area contributed by atoms with Crippen molar-refractivity contribution in [3.8, 4) is 5.75 Å². The second-order valence-electron chi connectivity index (χ2n) is 4.93. The average molecular weight is 278 g/mol. The van der Waals surface area contributed by atoms with Gasteiger partial charge in [-0.15, -0.1) is 0 Å². The van der Waals surface area contributed by atoms with E-state index in [1.54, 1.807) is 0 Å². The highest BCUT2D eigenvalue weighted by Gasteiger charge is 2.17. The number of morpholine rings is 1. The Bertz CT molecular complexity index is 405. The van der Waals surface area contributed by atoms with Gasteiger partial charge in [0, 0.05) is 19.0 Å². The van der Waals surface area contributed by atoms with Crippen molar-refractivity contribution in [2.75, 3.05) is 32.9 Å². The van der Waals surface area contributed by atoms with E-state index in [0.717, 1.165) is 18.8 Å². The number of benzene rings is 1. The van der Waals surface area contributed by atoms with Gasteiger partial charge in [-0.25, -0.2) is 5.01 Å². The van der Waals surface area contributed by atoms with Crippen LogP contribution in [0.2, 0.25) is 0 Å². The topological polar surface area (TPSA) is 50.8 Å². The minimum absolute atomic E-state index is 0.0450. The Balaban J connectivity index is 1.65. The lowest BCUT2D eigenvalue weighted by molar-refractivity contribution is -0.131. The Hall–Kier alpha value is -1.59. The predicted octanol–water partition coefficient (Wildman–Crippen LogP) is 1.45. The Kier molecular flexibility index (Phi) is 5.83. The fourth-order valence-corrected chi connectivity index (χ4v) is 1.94. The Morgan fingerprint density at radius 1 is 1.35 bits per heavy atom. The molecule has 0 aliphatic carbocycles. The number of amides is 1. The number of hydrogen-bond acceptors (Lipinski definition) is 4. The standard InChI is InChI=1S/C15H22N2O3/c1-13(7-10-20-14-5-3-2-4-6-14)15(18)16-17-8-11-19-12-9-17/h2-6,13H,7-12H2,1H3,(H,16,18)/t13-/m0/s1. The molecule has 1 saturated heterocycles. The zero-order valence-corrected chi connectivity index (χ0v) is 11.9. The van der Waals surface area contributed by atoms with Crippen molar-refractivity contribution >= 4 is 5.91 Å². The maximum Gasteiger partial charge on any atom is 0.237 e. The van der Waals surface area contributed by atoms with Crippen molar-refractivity contribution in [3.63, 3.8) is 0 Å². The van der Waals surface area contributed by atoms with Crippen molar-refractivity contribution in [2.45, 2.75) is 13.3 Å². The van der Waals surface area contributed by atoms with Crippen LogP contribution in [-0.2, 0) is 9.53 Å². The molecule has 1 aromatic carbocycles. The zero-order chi connectivity index (χ0) is 14.2. The highest BCUT2D eigenvalue weighted by molar-refractivity contribution is 5.77. The summed E-state index contributed by atoms with van der Waals surface area (Å²) in [5.74, 6) is 0.818. The monoisotopic (exact) mass is 278 g/mol. The number of para-hydroxylation sites is 1. The average Bonchev–Trinajstić information content (AvgIpc) is 2.49. The molecule has 1 heterocycles. The lowest BCUT2D eigenvalue weighted by atomic mass is 10.1. The lowest BCUT2D eigenvalue weighted by Crippen LogP contribution is -2.49. The van der Waals surface area contributed by atoms with E-state index in [1.165, 1.54) is 0 Å². The van der Waals surface area contributed by atoms with E-state index in [-0.39, 0.29) is 11.8 Å². The molecule has 0 unspecified atom stereocenters. The molecule has 1 atom stereocenters. The Morgan fingerprint density at radius 2 is 2.05 bits per heavy atom. The molecule has 1 aromatic rings. The summed E-state index contributed by atoms with van der Waals surface area (Å²) >= 11 is 0. The fourth-order valence-electron chi connectivity index (χ4n) is 1.94. The van der Waals surface area contributed by atoms with Gasteiger partial charge in [0.05, 0.1) is 19.8 Å². The quantitative estimate of drug-likeness (QED) is 0.856. The molecule has 1 aliphatic heterocycles. The van der Waals surface area contributed by atoms with Gasteiger partial charge in [0.1, 0.15) is 5.75 Å². The second-order valence-corrected chi connectivity index (χ2v) is 4.93. The summed E-state index contributed by atoms with van der Waals surface area (Å²) in [6, 6.07) is 9.65. The normalized spacial score (nSPS) is 17.4. The van der Waals surface area contributed by atoms with E-state index in [0.29, 0.717) is 26.2 Å². The molecule has 2 rings (SSSR count). The molecule has 0 radical (unpaired) electrons. The summed E-state index contributed by atoms with van der Waals surface area (Å²) in [6.45, 7) is 5.31. The van der Waals surface area contributed by atoms with Crippen molar-refractivity contribution < 1.29 is 14.3 Å². The third-order valence-corrected chi connectivity index (χ3v) is 3.29. The minimum Gasteiger partial charge on any atom is -0.494 e. The van der Waals surface area contributed by atoms with Gasteiger partial charge >= 0.3 is 0 Å². The van der Waals surface area contributed by atoms with Crippen LogP contribution in [-0.4, -0.2) is 43.8 Å². The summed E-state index contributed by atoms with van der Waals surface area (Å²) < 4.78 is 10.8. The van der Waals surface area contributed by atoms with E-state index >= 15 is 0 Å². The Labute approximate surface area is 119 Å². The number of carbonyl (C=O) groups is 1. The molecule has 1 aliphatic rings. The van der Waals surface area contributed by atoms with Crippen molar-refractivity contribution in [2.24, 2.45) is 5.92 Å². The van der Waals surface area contributed by atoms with Crippen LogP contribution in [0.4, 0.5) is 0 Å². The maximum atomic E-state index is 12.0. The molecule has 0 saturated carbocycles. The zero-order valence-electron chi connectivity index (χ0n) is 11.9. The molecule has 0 spiro atoms. The number of ether oxygens (including phenoxy) is 2. The third kappa shape index (κ3) is 4.83. The summed E-state index contributed by atoms with van der Waals surface area (Å²) in [6.07, 6.45) is 0.699. The number of hydrazine groups is 1. The number of nitrogens with one attached hydrogen (secondary N) is 1. The summed E-state index contributed by atoms with van der Waals surface area (Å²) in [7, 11) is 0. The molecule has 1 N–H and O–H groups in total. The van der Waals surface area contributed by atoms with E-state index < -0.39 is 0 Å². The highest BCUT2D eigenvalue weighted by atomic mass is 16.5. The van der Waals surface area contributed by atoms with Gasteiger partial charge in [0.2, 0.25) is 5.91 Å². The molecule has 0 aromatic heterocycles. The van der Waals surface area contributed by atoms with E-state index in [9.17, 15) is 4.79 Å². The van der Waals surface area contributed by atoms with Gasteiger partial charge in [-0.2, -0.15) is 0 Å². The first-order valence-corrected chi connectivity index (χ1v) is 7.07. The molecule has 20 heavy (non-hydrogen) atoms. The number of hydrogen-bond donors (Lipinski definition) is 1. The van der Waals surface area contributed by atoms with Crippen molar-refractivity contribution in [1.29, 1.82) is 0 Å². The van der Waals surface area contributed by atoms with Crippen LogP contribution in [0, 0.1) is 5.92 Å². The first kappa shape index (κ1) is 14.8. The van der Waals surface area contributed by atoms with Gasteiger partial charge in [-0.3, -0.25) is 10.2 Å². The highest BCUT2D eigenvalue weighted by Crippen LogP contribution is 2.10. The summed E-state index contributed by atoms with van der Waals surface area (Å²) in [4.78, 5) is 12.0. The van der Waals surface area contributed by atoms with Crippen LogP contribution < -0.4 is 10.2 Å². The van der Waals surface area contributed by atoms with Crippen LogP contribution >= 0.6 is 0 Å². The molecule has 5 nitrogen and oxygen atoms in total. The van der Waals surface area contributed by atoms with Crippen molar-refractivity contribution in [3.05, 3.63) is 30.3 Å². The molecule has 5 heteroatoms. The van der Waals surface area contributed by atoms with Crippen LogP contribution in [0.3, 0.4) is 0 Å². The molecule has 0 bridgehead atoms. The molecule has 110 valence electrons. The van der Waals surface area contributed by atoms with Crippen molar-refractivity contribution in [1.82, 2.24) is 10.4 Å². The molecule has 1 amide bonds. The lowest BCUT2D eigenvalue weighted by Gasteiger charge is -2.28. The van der Waals surface area contributed by atoms with Gasteiger partial charge in [-0.1, -0.05) is 25.1 Å². The van der Waals surface area contributed by atoms with E-state index in [4.69, 9.17) is 9.47 Å². The number of nitrogens with zero attached hydrogens (tertiary/aromatic N) is 1. The van der Waals surface area contributed by atoms with Gasteiger partial charge in [-0.05, 0) is 18.6 Å². The molecular formula is C15H22N2O3. The first-order valence-electron chi connectivity index (χ1n) is 7.07. The number of carbonyl (C=O) groups excluding carboxylic acids is 1. The fraction of sp³-hybridized carbons (Fsp3) is 0.533. The van der Waals surface area contributed by atoms with Gasteiger partial charge in [0.25, 0.3) is 0 Å². The van der Waals surface area contributed by atoms with Crippen LogP contribution in [0.1, 0.15) is 13.3 Å². The second kappa shape index (κ2) is 7.87. The first-order chi connectivity index (χ1) is 9.75. The SMILES string of the molecule is C[C@@H](CCOc1ccccc1)C(=O)NN1CCOCC1. The summed E-state index contributed by atoms with van der Waals surface area (Å²) in [5.41, 5.74) is 2.93. The van der Waals surface area contributed by atoms with Crippen LogP contribution in [0.15, 0.2) is 30.3 Å². The summed E-state index contributed by atoms with van der Waals surface area (Å²) in [5, 5.41) is 1.92. The Morgan fingerprint density at radius 3 is 2.75 bits per heavy atom. The van der Waals surface area contributed by atoms with Crippen LogP contribution in [0.25, 0.3) is 0 Å². The number of rotatable bonds is 6. The van der Waals surface area contributed by atoms with Crippen LogP contribution in [0.5, 0.6) is 5.75 Å². The molecule has 1 fully saturated rings. The molecular weight excluding hydrogens is 256 g/mol. The smallest absolute Gasteiger partial charge is 0.237 e. The van der Waals surface area contributed by atoms with E-state index in [1.807, 2.05) is 42.3 Å². The van der Waals surface area contributed by atoms with Gasteiger partial charge < -0.3 is 9.47 Å².